The highest BCUT2D eigenvalue weighted by Crippen LogP contribution is 2.45. The van der Waals surface area contributed by atoms with Crippen LogP contribution in [0.5, 0.6) is 0 Å². The van der Waals surface area contributed by atoms with Crippen molar-refractivity contribution in [1.29, 1.82) is 0 Å². The number of rotatable bonds is 3. The number of ether oxygens (including phenoxy) is 1. The summed E-state index contributed by atoms with van der Waals surface area (Å²) in [4.78, 5) is 0. The van der Waals surface area contributed by atoms with E-state index in [0.717, 1.165) is 25.2 Å². The van der Waals surface area contributed by atoms with Gasteiger partial charge >= 0.3 is 0 Å². The van der Waals surface area contributed by atoms with Crippen LogP contribution in [0.1, 0.15) is 32.1 Å². The lowest BCUT2D eigenvalue weighted by Gasteiger charge is -2.48. The van der Waals surface area contributed by atoms with Gasteiger partial charge in [0.15, 0.2) is 0 Å². The van der Waals surface area contributed by atoms with Crippen LogP contribution in [0.2, 0.25) is 0 Å². The van der Waals surface area contributed by atoms with Gasteiger partial charge in [0.05, 0.1) is 11.7 Å². The lowest BCUT2D eigenvalue weighted by molar-refractivity contribution is -0.154. The first-order chi connectivity index (χ1) is 6.76. The number of hydrogen-bond acceptors (Lipinski definition) is 3. The maximum atomic E-state index is 9.95. The van der Waals surface area contributed by atoms with Gasteiger partial charge in [-0.1, -0.05) is 0 Å². The minimum atomic E-state index is -0.119. The molecule has 0 bridgehead atoms. The van der Waals surface area contributed by atoms with E-state index in [1.165, 1.54) is 19.3 Å². The smallest absolute Gasteiger partial charge is 0.0686 e. The molecule has 1 heterocycles. The van der Waals surface area contributed by atoms with Gasteiger partial charge in [-0.3, -0.25) is 0 Å². The van der Waals surface area contributed by atoms with Crippen molar-refractivity contribution in [3.8, 4) is 0 Å². The number of aliphatic hydroxyl groups is 1. The molecule has 2 aliphatic rings. The summed E-state index contributed by atoms with van der Waals surface area (Å²) in [5, 5.41) is 9.95. The van der Waals surface area contributed by atoms with Crippen molar-refractivity contribution in [2.45, 2.75) is 43.8 Å². The Balaban J connectivity index is 1.87. The minimum Gasteiger partial charge on any atom is -0.392 e. The molecule has 1 saturated heterocycles. The SMILES string of the molecule is CSCC(O)C1CCOC2(CCC2)C1. The quantitative estimate of drug-likeness (QED) is 0.783. The first-order valence-electron chi connectivity index (χ1n) is 5.57. The molecule has 82 valence electrons. The van der Waals surface area contributed by atoms with Crippen LogP contribution in [-0.2, 0) is 4.74 Å². The van der Waals surface area contributed by atoms with Crippen molar-refractivity contribution in [1.82, 2.24) is 0 Å². The normalized spacial score (nSPS) is 32.6. The van der Waals surface area contributed by atoms with Gasteiger partial charge in [-0.2, -0.15) is 11.8 Å². The van der Waals surface area contributed by atoms with Crippen LogP contribution < -0.4 is 0 Å². The second kappa shape index (κ2) is 4.42. The molecule has 1 aliphatic heterocycles. The van der Waals surface area contributed by atoms with Crippen LogP contribution in [0.25, 0.3) is 0 Å². The van der Waals surface area contributed by atoms with E-state index in [0.29, 0.717) is 5.92 Å². The van der Waals surface area contributed by atoms with Crippen LogP contribution >= 0.6 is 11.8 Å². The van der Waals surface area contributed by atoms with Crippen molar-refractivity contribution < 1.29 is 9.84 Å². The second-order valence-corrected chi connectivity index (χ2v) is 5.57. The van der Waals surface area contributed by atoms with Crippen LogP contribution in [-0.4, -0.2) is 35.4 Å². The average molecular weight is 216 g/mol. The minimum absolute atomic E-state index is 0.119. The van der Waals surface area contributed by atoms with Gasteiger partial charge in [0.25, 0.3) is 0 Å². The molecule has 0 aromatic carbocycles. The summed E-state index contributed by atoms with van der Waals surface area (Å²) in [5.41, 5.74) is 0.183. The molecule has 2 atom stereocenters. The standard InChI is InChI=1S/C11H20O2S/c1-14-8-10(12)9-3-6-13-11(7-9)4-2-5-11/h9-10,12H,2-8H2,1H3. The highest BCUT2D eigenvalue weighted by atomic mass is 32.2. The Hall–Kier alpha value is 0.270. The van der Waals surface area contributed by atoms with Crippen molar-refractivity contribution in [2.75, 3.05) is 18.6 Å². The molecule has 0 amide bonds. The van der Waals surface area contributed by atoms with Crippen molar-refractivity contribution in [2.24, 2.45) is 5.92 Å². The Morgan fingerprint density at radius 2 is 2.36 bits per heavy atom. The maximum Gasteiger partial charge on any atom is 0.0686 e. The first-order valence-corrected chi connectivity index (χ1v) is 6.96. The molecule has 0 radical (unpaired) electrons. The van der Waals surface area contributed by atoms with Crippen molar-refractivity contribution in [3.05, 3.63) is 0 Å². The molecule has 14 heavy (non-hydrogen) atoms. The molecule has 2 rings (SSSR count). The van der Waals surface area contributed by atoms with Crippen LogP contribution in [0.4, 0.5) is 0 Å². The zero-order valence-electron chi connectivity index (χ0n) is 8.87. The van der Waals surface area contributed by atoms with Gasteiger partial charge in [-0.15, -0.1) is 0 Å². The molecule has 2 nitrogen and oxygen atoms in total. The molecule has 2 fully saturated rings. The Kier molecular flexibility index (Phi) is 3.40. The first kappa shape index (κ1) is 10.8. The molecule has 1 aliphatic carbocycles. The fourth-order valence-electron chi connectivity index (χ4n) is 2.62. The zero-order valence-corrected chi connectivity index (χ0v) is 9.68. The largest absolute Gasteiger partial charge is 0.392 e. The summed E-state index contributed by atoms with van der Waals surface area (Å²) >= 11 is 1.74. The molecule has 2 unspecified atom stereocenters. The highest BCUT2D eigenvalue weighted by Gasteiger charge is 2.43. The van der Waals surface area contributed by atoms with Gasteiger partial charge in [-0.25, -0.2) is 0 Å². The van der Waals surface area contributed by atoms with Crippen LogP contribution in [0.3, 0.4) is 0 Å². The van der Waals surface area contributed by atoms with E-state index < -0.39 is 0 Å². The van der Waals surface area contributed by atoms with Crippen LogP contribution in [0.15, 0.2) is 0 Å². The molecule has 0 aromatic rings. The molecule has 3 heteroatoms. The van der Waals surface area contributed by atoms with Gasteiger partial charge in [-0.05, 0) is 44.3 Å². The van der Waals surface area contributed by atoms with Gasteiger partial charge in [0.2, 0.25) is 0 Å². The summed E-state index contributed by atoms with van der Waals surface area (Å²) in [6.45, 7) is 0.857. The molecule has 0 aromatic heterocycles. The van der Waals surface area contributed by atoms with Crippen molar-refractivity contribution >= 4 is 11.8 Å². The summed E-state index contributed by atoms with van der Waals surface area (Å²) in [5.74, 6) is 1.36. The summed E-state index contributed by atoms with van der Waals surface area (Å²) in [6, 6.07) is 0. The third kappa shape index (κ3) is 2.10. The number of aliphatic hydroxyl groups excluding tert-OH is 1. The molecular weight excluding hydrogens is 196 g/mol. The fourth-order valence-corrected chi connectivity index (χ4v) is 3.23. The van der Waals surface area contributed by atoms with E-state index in [-0.39, 0.29) is 11.7 Å². The lowest BCUT2D eigenvalue weighted by Crippen LogP contribution is -2.48. The third-order valence-corrected chi connectivity index (χ3v) is 4.35. The summed E-state index contributed by atoms with van der Waals surface area (Å²) in [7, 11) is 0. The molecule has 1 spiro atoms. The fraction of sp³-hybridized carbons (Fsp3) is 1.00. The van der Waals surface area contributed by atoms with E-state index in [4.69, 9.17) is 4.74 Å². The monoisotopic (exact) mass is 216 g/mol. The van der Waals surface area contributed by atoms with E-state index in [1.807, 2.05) is 0 Å². The van der Waals surface area contributed by atoms with Gasteiger partial charge < -0.3 is 9.84 Å². The molecule has 1 N–H and O–H groups in total. The molecule has 1 saturated carbocycles. The molecular formula is C11H20O2S. The van der Waals surface area contributed by atoms with E-state index in [1.54, 1.807) is 11.8 Å². The average Bonchev–Trinajstić information content (AvgIpc) is 2.16. The van der Waals surface area contributed by atoms with E-state index >= 15 is 0 Å². The predicted octanol–water partition coefficient (Wildman–Crippen LogP) is 2.06. The second-order valence-electron chi connectivity index (χ2n) is 4.66. The van der Waals surface area contributed by atoms with E-state index in [9.17, 15) is 5.11 Å². The predicted molar refractivity (Wildman–Crippen MR) is 59.6 cm³/mol. The zero-order chi connectivity index (χ0) is 10.0. The third-order valence-electron chi connectivity index (χ3n) is 3.68. The number of hydrogen-bond donors (Lipinski definition) is 1. The highest BCUT2D eigenvalue weighted by molar-refractivity contribution is 7.98. The Labute approximate surface area is 90.4 Å². The topological polar surface area (TPSA) is 29.5 Å². The van der Waals surface area contributed by atoms with E-state index in [2.05, 4.69) is 6.26 Å². The van der Waals surface area contributed by atoms with Crippen LogP contribution in [0, 0.1) is 5.92 Å². The van der Waals surface area contributed by atoms with Gasteiger partial charge in [0.1, 0.15) is 0 Å². The van der Waals surface area contributed by atoms with Gasteiger partial charge in [0, 0.05) is 12.4 Å². The maximum absolute atomic E-state index is 9.95. The summed E-state index contributed by atoms with van der Waals surface area (Å²) < 4.78 is 5.84. The summed E-state index contributed by atoms with van der Waals surface area (Å²) in [6.07, 6.45) is 7.82. The Morgan fingerprint density at radius 1 is 1.57 bits per heavy atom. The Bertz CT molecular complexity index is 192. The number of thioether (sulfide) groups is 1. The Morgan fingerprint density at radius 3 is 2.93 bits per heavy atom. The van der Waals surface area contributed by atoms with Crippen molar-refractivity contribution in [3.63, 3.8) is 0 Å². The lowest BCUT2D eigenvalue weighted by atomic mass is 9.71.